The van der Waals surface area contributed by atoms with E-state index in [1.807, 2.05) is 36.4 Å². The van der Waals surface area contributed by atoms with Crippen molar-refractivity contribution in [3.8, 4) is 16.9 Å². The number of amides is 1. The van der Waals surface area contributed by atoms with Crippen LogP contribution in [0.3, 0.4) is 0 Å². The Morgan fingerprint density at radius 1 is 0.868 bits per heavy atom. The minimum atomic E-state index is -0.331. The Morgan fingerprint density at radius 2 is 1.47 bits per heavy atom. The lowest BCUT2D eigenvalue weighted by Crippen LogP contribution is -2.58. The van der Waals surface area contributed by atoms with Gasteiger partial charge in [0.25, 0.3) is 0 Å². The van der Waals surface area contributed by atoms with Crippen LogP contribution in [0.4, 0.5) is 0 Å². The van der Waals surface area contributed by atoms with Gasteiger partial charge in [0, 0.05) is 6.92 Å². The summed E-state index contributed by atoms with van der Waals surface area (Å²) in [4.78, 5) is 24.7. The highest BCUT2D eigenvalue weighted by molar-refractivity contribution is 5.86. The van der Waals surface area contributed by atoms with E-state index in [4.69, 9.17) is 4.74 Å². The van der Waals surface area contributed by atoms with Crippen LogP contribution in [0, 0.1) is 24.2 Å². The monoisotopic (exact) mass is 506 g/mol. The molecule has 0 aliphatic heterocycles. The van der Waals surface area contributed by atoms with Gasteiger partial charge in [-0.25, -0.2) is 5.43 Å². The Labute approximate surface area is 224 Å². The molecule has 5 nitrogen and oxygen atoms in total. The standard InChI is InChI=1S/C33H34N2O3/c1-22-3-11-29(12-4-22)32-16-25-15-26(17-32)19-33(18-25,21-32)31(37)35-34-20-24-5-7-27(8-6-24)28-9-13-30(14-10-28)38-23(2)36/h3-14,20,25-26H,15-19,21H2,1-2H3,(H,35,37). The van der Waals surface area contributed by atoms with Gasteiger partial charge in [-0.1, -0.05) is 66.2 Å². The van der Waals surface area contributed by atoms with E-state index in [1.165, 1.54) is 37.3 Å². The Kier molecular flexibility index (Phi) is 6.17. The first kappa shape index (κ1) is 24.6. The SMILES string of the molecule is CC(=O)Oc1ccc(-c2ccc(C=NNC(=O)C34CC5CC(C3)CC(c3ccc(C)cc3)(C5)C4)cc2)cc1. The summed E-state index contributed by atoms with van der Waals surface area (Å²) < 4.78 is 5.11. The Bertz CT molecular complexity index is 1360. The molecule has 7 rings (SSSR count). The van der Waals surface area contributed by atoms with Crippen LogP contribution < -0.4 is 10.2 Å². The summed E-state index contributed by atoms with van der Waals surface area (Å²) in [5.74, 6) is 1.54. The van der Waals surface area contributed by atoms with Crippen molar-refractivity contribution in [2.24, 2.45) is 22.4 Å². The number of esters is 1. The van der Waals surface area contributed by atoms with Gasteiger partial charge < -0.3 is 4.74 Å². The van der Waals surface area contributed by atoms with E-state index in [0.717, 1.165) is 36.0 Å². The molecule has 1 N–H and O–H groups in total. The van der Waals surface area contributed by atoms with E-state index in [2.05, 4.69) is 41.7 Å². The molecule has 0 saturated heterocycles. The molecule has 3 aromatic rings. The van der Waals surface area contributed by atoms with Gasteiger partial charge in [0.05, 0.1) is 11.6 Å². The first-order chi connectivity index (χ1) is 18.3. The number of aryl methyl sites for hydroxylation is 1. The molecular weight excluding hydrogens is 472 g/mol. The highest BCUT2D eigenvalue weighted by Crippen LogP contribution is 2.65. The number of ether oxygens (including phenoxy) is 1. The molecule has 4 aliphatic rings. The fourth-order valence-electron chi connectivity index (χ4n) is 7.70. The molecule has 0 spiro atoms. The molecule has 2 unspecified atom stereocenters. The fourth-order valence-corrected chi connectivity index (χ4v) is 7.70. The molecule has 4 fully saturated rings. The predicted octanol–water partition coefficient (Wildman–Crippen LogP) is 6.58. The van der Waals surface area contributed by atoms with E-state index >= 15 is 0 Å². The molecule has 4 aliphatic carbocycles. The molecule has 4 bridgehead atoms. The van der Waals surface area contributed by atoms with Gasteiger partial charge in [0.1, 0.15) is 5.75 Å². The highest BCUT2D eigenvalue weighted by Gasteiger charge is 2.60. The molecule has 4 saturated carbocycles. The van der Waals surface area contributed by atoms with E-state index in [9.17, 15) is 9.59 Å². The van der Waals surface area contributed by atoms with Gasteiger partial charge in [-0.05, 0) is 97.1 Å². The normalized spacial score (nSPS) is 27.4. The van der Waals surface area contributed by atoms with Crippen molar-refractivity contribution >= 4 is 18.1 Å². The van der Waals surface area contributed by atoms with Crippen molar-refractivity contribution in [1.29, 1.82) is 0 Å². The molecule has 38 heavy (non-hydrogen) atoms. The summed E-state index contributed by atoms with van der Waals surface area (Å²) in [5, 5.41) is 4.37. The molecule has 0 heterocycles. The number of benzene rings is 3. The maximum Gasteiger partial charge on any atom is 0.308 e. The summed E-state index contributed by atoms with van der Waals surface area (Å²) in [7, 11) is 0. The molecule has 0 radical (unpaired) electrons. The van der Waals surface area contributed by atoms with Crippen LogP contribution in [-0.4, -0.2) is 18.1 Å². The third-order valence-electron chi connectivity index (χ3n) is 8.95. The van der Waals surface area contributed by atoms with Crippen LogP contribution in [0.1, 0.15) is 62.1 Å². The topological polar surface area (TPSA) is 67.8 Å². The van der Waals surface area contributed by atoms with Crippen molar-refractivity contribution in [3.63, 3.8) is 0 Å². The van der Waals surface area contributed by atoms with Crippen molar-refractivity contribution in [3.05, 3.63) is 89.5 Å². The largest absolute Gasteiger partial charge is 0.427 e. The lowest BCUT2D eigenvalue weighted by Gasteiger charge is -2.61. The van der Waals surface area contributed by atoms with Crippen LogP contribution in [0.15, 0.2) is 77.9 Å². The molecule has 3 aromatic carbocycles. The number of nitrogens with zero attached hydrogens (tertiary/aromatic N) is 1. The number of nitrogens with one attached hydrogen (secondary N) is 1. The molecule has 5 heteroatoms. The number of hydrazone groups is 1. The number of carbonyl (C=O) groups excluding carboxylic acids is 2. The first-order valence-electron chi connectivity index (χ1n) is 13.6. The predicted molar refractivity (Wildman–Crippen MR) is 149 cm³/mol. The second-order valence-corrected chi connectivity index (χ2v) is 11.8. The van der Waals surface area contributed by atoms with Gasteiger partial charge in [0.15, 0.2) is 0 Å². The Balaban J connectivity index is 1.13. The minimum Gasteiger partial charge on any atom is -0.427 e. The quantitative estimate of drug-likeness (QED) is 0.178. The van der Waals surface area contributed by atoms with Crippen molar-refractivity contribution in [2.75, 3.05) is 0 Å². The lowest BCUT2D eigenvalue weighted by molar-refractivity contribution is -0.149. The summed E-state index contributed by atoms with van der Waals surface area (Å²) in [6.07, 6.45) is 8.33. The van der Waals surface area contributed by atoms with Crippen LogP contribution in [0.25, 0.3) is 11.1 Å². The maximum atomic E-state index is 13.6. The summed E-state index contributed by atoms with van der Waals surface area (Å²) in [5.41, 5.74) is 8.45. The molecule has 0 aromatic heterocycles. The van der Waals surface area contributed by atoms with E-state index in [1.54, 1.807) is 18.3 Å². The van der Waals surface area contributed by atoms with Gasteiger partial charge in [-0.3, -0.25) is 9.59 Å². The Hall–Kier alpha value is -3.73. The molecular formula is C33H34N2O3. The smallest absolute Gasteiger partial charge is 0.308 e. The third kappa shape index (κ3) is 4.66. The van der Waals surface area contributed by atoms with Gasteiger partial charge in [-0.15, -0.1) is 0 Å². The van der Waals surface area contributed by atoms with Gasteiger partial charge in [-0.2, -0.15) is 5.10 Å². The zero-order chi connectivity index (χ0) is 26.3. The average Bonchev–Trinajstić information content (AvgIpc) is 2.89. The molecule has 2 atom stereocenters. The van der Waals surface area contributed by atoms with Crippen LogP contribution >= 0.6 is 0 Å². The third-order valence-corrected chi connectivity index (χ3v) is 8.95. The fraction of sp³-hybridized carbons (Fsp3) is 0.364. The molecule has 1 amide bonds. The summed E-state index contributed by atoms with van der Waals surface area (Å²) in [6, 6.07) is 24.5. The van der Waals surface area contributed by atoms with E-state index in [-0.39, 0.29) is 22.7 Å². The zero-order valence-corrected chi connectivity index (χ0v) is 22.1. The van der Waals surface area contributed by atoms with E-state index < -0.39 is 0 Å². The van der Waals surface area contributed by atoms with Crippen LogP contribution in [-0.2, 0) is 15.0 Å². The number of hydrogen-bond donors (Lipinski definition) is 1. The lowest BCUT2D eigenvalue weighted by atomic mass is 9.42. The number of hydrogen-bond acceptors (Lipinski definition) is 4. The van der Waals surface area contributed by atoms with Crippen molar-refractivity contribution < 1.29 is 14.3 Å². The van der Waals surface area contributed by atoms with Gasteiger partial charge in [0.2, 0.25) is 5.91 Å². The van der Waals surface area contributed by atoms with Gasteiger partial charge >= 0.3 is 5.97 Å². The average molecular weight is 507 g/mol. The molecule has 194 valence electrons. The minimum absolute atomic E-state index is 0.0869. The maximum absolute atomic E-state index is 13.6. The number of rotatable bonds is 6. The van der Waals surface area contributed by atoms with Crippen molar-refractivity contribution in [2.45, 2.75) is 57.8 Å². The Morgan fingerprint density at radius 3 is 2.08 bits per heavy atom. The summed E-state index contributed by atoms with van der Waals surface area (Å²) >= 11 is 0. The number of carbonyl (C=O) groups is 2. The summed E-state index contributed by atoms with van der Waals surface area (Å²) in [6.45, 7) is 3.52. The second-order valence-electron chi connectivity index (χ2n) is 11.8. The van der Waals surface area contributed by atoms with Crippen LogP contribution in [0.5, 0.6) is 5.75 Å². The highest BCUT2D eigenvalue weighted by atomic mass is 16.5. The zero-order valence-electron chi connectivity index (χ0n) is 22.1. The van der Waals surface area contributed by atoms with Crippen LogP contribution in [0.2, 0.25) is 0 Å². The second kappa shape index (κ2) is 9.54. The van der Waals surface area contributed by atoms with E-state index in [0.29, 0.717) is 17.6 Å². The van der Waals surface area contributed by atoms with Crippen molar-refractivity contribution in [1.82, 2.24) is 5.43 Å². The first-order valence-corrected chi connectivity index (χ1v) is 13.6.